The predicted molar refractivity (Wildman–Crippen MR) is 122 cm³/mol. The van der Waals surface area contributed by atoms with Gasteiger partial charge in [-0.05, 0) is 42.3 Å². The molecular formula is C23H23Cl2N3O3. The molecule has 1 atom stereocenters. The number of nitrogens with zero attached hydrogens (tertiary/aromatic N) is 3. The van der Waals surface area contributed by atoms with Gasteiger partial charge < -0.3 is 14.7 Å². The summed E-state index contributed by atoms with van der Waals surface area (Å²) in [5.41, 5.74) is 2.08. The summed E-state index contributed by atoms with van der Waals surface area (Å²) in [6, 6.07) is 15.0. The molecule has 0 saturated carbocycles. The molecular weight excluding hydrogens is 437 g/mol. The van der Waals surface area contributed by atoms with Crippen molar-refractivity contribution in [3.05, 3.63) is 81.2 Å². The van der Waals surface area contributed by atoms with Gasteiger partial charge in [0.15, 0.2) is 5.70 Å². The summed E-state index contributed by atoms with van der Waals surface area (Å²) in [6.45, 7) is 3.03. The van der Waals surface area contributed by atoms with Gasteiger partial charge in [0.05, 0.1) is 18.9 Å². The molecule has 6 nitrogen and oxygen atoms in total. The van der Waals surface area contributed by atoms with Gasteiger partial charge in [-0.2, -0.15) is 5.10 Å². The average Bonchev–Trinajstić information content (AvgIpc) is 2.73. The minimum Gasteiger partial charge on any atom is -0.507 e. The van der Waals surface area contributed by atoms with Crippen LogP contribution < -0.4 is 0 Å². The van der Waals surface area contributed by atoms with Crippen LogP contribution in [0.2, 0.25) is 10.0 Å². The number of fused-ring (bicyclic) bond motifs is 1. The highest BCUT2D eigenvalue weighted by Crippen LogP contribution is 2.38. The van der Waals surface area contributed by atoms with Crippen molar-refractivity contribution in [2.75, 3.05) is 26.3 Å². The van der Waals surface area contributed by atoms with E-state index in [4.69, 9.17) is 27.9 Å². The van der Waals surface area contributed by atoms with E-state index in [0.717, 1.165) is 11.1 Å². The number of benzene rings is 2. The van der Waals surface area contributed by atoms with Gasteiger partial charge in [-0.15, -0.1) is 0 Å². The third kappa shape index (κ3) is 4.42. The molecule has 8 heteroatoms. The fourth-order valence-corrected chi connectivity index (χ4v) is 4.55. The van der Waals surface area contributed by atoms with Gasteiger partial charge in [0, 0.05) is 29.1 Å². The highest BCUT2D eigenvalue weighted by molar-refractivity contribution is 6.31. The zero-order valence-corrected chi connectivity index (χ0v) is 18.6. The van der Waals surface area contributed by atoms with E-state index in [0.29, 0.717) is 23.1 Å². The van der Waals surface area contributed by atoms with Gasteiger partial charge in [0.1, 0.15) is 12.4 Å². The Labute approximate surface area is 191 Å². The number of ether oxygens (including phenoxy) is 1. The van der Waals surface area contributed by atoms with E-state index in [-0.39, 0.29) is 42.5 Å². The molecule has 1 unspecified atom stereocenters. The summed E-state index contributed by atoms with van der Waals surface area (Å²) in [5.74, 6) is -0.601. The third-order valence-corrected chi connectivity index (χ3v) is 6.00. The number of hydrazone groups is 1. The summed E-state index contributed by atoms with van der Waals surface area (Å²) in [5, 5.41) is 18.1. The van der Waals surface area contributed by atoms with Crippen LogP contribution in [-0.4, -0.2) is 59.5 Å². The maximum Gasteiger partial charge on any atom is 0.275 e. The molecule has 31 heavy (non-hydrogen) atoms. The van der Waals surface area contributed by atoms with Gasteiger partial charge in [0.2, 0.25) is 0 Å². The largest absolute Gasteiger partial charge is 0.507 e. The van der Waals surface area contributed by atoms with Crippen molar-refractivity contribution in [1.29, 1.82) is 0 Å². The Hall–Kier alpha value is -2.54. The first kappa shape index (κ1) is 21.7. The van der Waals surface area contributed by atoms with Crippen LogP contribution in [-0.2, 0) is 9.53 Å². The molecule has 1 N–H and O–H groups in total. The van der Waals surface area contributed by atoms with E-state index in [9.17, 15) is 9.90 Å². The Morgan fingerprint density at radius 1 is 1.16 bits per heavy atom. The number of likely N-dealkylation sites (N-methyl/N-ethyl adjacent to an activating group) is 1. The Balaban J connectivity index is 1.90. The Bertz CT molecular complexity index is 995. The predicted octanol–water partition coefficient (Wildman–Crippen LogP) is 4.44. The fourth-order valence-electron chi connectivity index (χ4n) is 4.15. The number of aliphatic hydroxyl groups is 1. The first-order chi connectivity index (χ1) is 15.0. The van der Waals surface area contributed by atoms with Crippen molar-refractivity contribution >= 4 is 35.3 Å². The minimum atomic E-state index is -0.291. The van der Waals surface area contributed by atoms with Crippen molar-refractivity contribution in [3.8, 4) is 0 Å². The lowest BCUT2D eigenvalue weighted by molar-refractivity contribution is -0.134. The Kier molecular flexibility index (Phi) is 6.51. The number of rotatable bonds is 4. The van der Waals surface area contributed by atoms with Crippen LogP contribution in [0.4, 0.5) is 0 Å². The molecule has 0 aliphatic carbocycles. The van der Waals surface area contributed by atoms with E-state index in [1.807, 2.05) is 55.5 Å². The van der Waals surface area contributed by atoms with Crippen molar-refractivity contribution in [2.45, 2.75) is 18.9 Å². The lowest BCUT2D eigenvalue weighted by Gasteiger charge is -2.44. The lowest BCUT2D eigenvalue weighted by Crippen LogP contribution is -2.55. The summed E-state index contributed by atoms with van der Waals surface area (Å²) >= 11 is 12.7. The zero-order chi connectivity index (χ0) is 22.0. The molecule has 4 rings (SSSR count). The quantitative estimate of drug-likeness (QED) is 0.733. The summed E-state index contributed by atoms with van der Waals surface area (Å²) in [7, 11) is 0. The molecule has 2 aliphatic rings. The highest BCUT2D eigenvalue weighted by atomic mass is 35.5. The lowest BCUT2D eigenvalue weighted by atomic mass is 9.83. The van der Waals surface area contributed by atoms with Crippen LogP contribution >= 0.6 is 23.2 Å². The van der Waals surface area contributed by atoms with Crippen LogP contribution in [0.25, 0.3) is 0 Å². The van der Waals surface area contributed by atoms with Crippen LogP contribution in [0, 0.1) is 0 Å². The normalized spacial score (nSPS) is 20.5. The number of aliphatic hydroxyl groups excluding tert-OH is 1. The van der Waals surface area contributed by atoms with Crippen LogP contribution in [0.3, 0.4) is 0 Å². The Morgan fingerprint density at radius 2 is 1.81 bits per heavy atom. The molecule has 1 fully saturated rings. The number of hydrogen-bond acceptors (Lipinski definition) is 5. The van der Waals surface area contributed by atoms with E-state index in [1.165, 1.54) is 0 Å². The van der Waals surface area contributed by atoms with E-state index < -0.39 is 0 Å². The molecule has 1 saturated heterocycles. The monoisotopic (exact) mass is 459 g/mol. The molecule has 2 aromatic rings. The van der Waals surface area contributed by atoms with Gasteiger partial charge in [-0.1, -0.05) is 47.5 Å². The third-order valence-electron chi connectivity index (χ3n) is 5.53. The molecule has 0 aromatic heterocycles. The second kappa shape index (κ2) is 9.30. The second-order valence-electron chi connectivity index (χ2n) is 7.45. The summed E-state index contributed by atoms with van der Waals surface area (Å²) in [6.07, 6.45) is 1.61. The van der Waals surface area contributed by atoms with Crippen molar-refractivity contribution in [3.63, 3.8) is 0 Å². The Morgan fingerprint density at radius 3 is 2.39 bits per heavy atom. The van der Waals surface area contributed by atoms with Crippen molar-refractivity contribution < 1.29 is 14.6 Å². The first-order valence-electron chi connectivity index (χ1n) is 10.1. The zero-order valence-electron chi connectivity index (χ0n) is 17.0. The van der Waals surface area contributed by atoms with E-state index in [2.05, 4.69) is 5.10 Å². The maximum absolute atomic E-state index is 13.1. The number of carbonyl (C=O) groups excluding carboxylic acids is 1. The molecule has 2 aromatic carbocycles. The smallest absolute Gasteiger partial charge is 0.275 e. The van der Waals surface area contributed by atoms with Gasteiger partial charge >= 0.3 is 0 Å². The number of piperazine rings is 1. The average molecular weight is 460 g/mol. The SMILES string of the molecule is CCN1CC(C(c2cccc(Cl)c2)c2cccc(Cl)c2)N2/N=C\COCC(O)=C2C1=O. The molecule has 2 aliphatic heterocycles. The summed E-state index contributed by atoms with van der Waals surface area (Å²) in [4.78, 5) is 14.8. The maximum atomic E-state index is 13.1. The van der Waals surface area contributed by atoms with Crippen LogP contribution in [0.15, 0.2) is 65.1 Å². The van der Waals surface area contributed by atoms with E-state index >= 15 is 0 Å². The standard InChI is InChI=1S/C23H23Cl2N3O3/c1-2-27-13-19(28-22(23(27)30)20(29)14-31-10-9-26-28)21(15-5-3-7-17(24)11-15)16-6-4-8-18(25)12-16/h3-9,11-12,19,21,29H,2,10,13-14H2,1H3/b22-20?,26-9-. The van der Waals surface area contributed by atoms with Crippen molar-refractivity contribution in [1.82, 2.24) is 9.91 Å². The molecule has 0 spiro atoms. The molecule has 1 amide bonds. The molecule has 162 valence electrons. The summed E-state index contributed by atoms with van der Waals surface area (Å²) < 4.78 is 5.36. The fraction of sp³-hybridized carbons (Fsp3) is 0.304. The van der Waals surface area contributed by atoms with Crippen LogP contribution in [0.1, 0.15) is 24.0 Å². The first-order valence-corrected chi connectivity index (χ1v) is 10.9. The van der Waals surface area contributed by atoms with Gasteiger partial charge in [-0.3, -0.25) is 9.80 Å². The molecule has 0 bridgehead atoms. The topological polar surface area (TPSA) is 65.4 Å². The number of carbonyl (C=O) groups is 1. The minimum absolute atomic E-state index is 0.0487. The number of hydrogen-bond donors (Lipinski definition) is 1. The van der Waals surface area contributed by atoms with Crippen LogP contribution in [0.5, 0.6) is 0 Å². The molecule has 0 radical (unpaired) electrons. The molecule has 2 heterocycles. The highest BCUT2D eigenvalue weighted by Gasteiger charge is 2.43. The van der Waals surface area contributed by atoms with Gasteiger partial charge in [-0.25, -0.2) is 0 Å². The van der Waals surface area contributed by atoms with Crippen molar-refractivity contribution in [2.24, 2.45) is 5.10 Å². The van der Waals surface area contributed by atoms with E-state index in [1.54, 1.807) is 16.1 Å². The number of amides is 1. The second-order valence-corrected chi connectivity index (χ2v) is 8.32. The van der Waals surface area contributed by atoms with Gasteiger partial charge in [0.25, 0.3) is 5.91 Å². The number of halogens is 2.